The van der Waals surface area contributed by atoms with Gasteiger partial charge in [-0.05, 0) is 49.1 Å². The molecule has 8 nitrogen and oxygen atoms in total. The van der Waals surface area contributed by atoms with Crippen molar-refractivity contribution in [1.82, 2.24) is 10.2 Å². The minimum Gasteiger partial charge on any atom is -0.497 e. The van der Waals surface area contributed by atoms with Gasteiger partial charge in [-0.15, -0.1) is 0 Å². The molecule has 0 aliphatic heterocycles. The third kappa shape index (κ3) is 6.96. The summed E-state index contributed by atoms with van der Waals surface area (Å²) in [6.45, 7) is 5.76. The summed E-state index contributed by atoms with van der Waals surface area (Å²) in [5.41, 5.74) is 2.09. The first-order valence-corrected chi connectivity index (χ1v) is 13.3. The normalized spacial score (nSPS) is 12.0. The van der Waals surface area contributed by atoms with Gasteiger partial charge in [0.2, 0.25) is 21.8 Å². The number of para-hydroxylation sites is 1. The molecule has 0 saturated carbocycles. The standard InChI is InChI=1S/C25H35N3O5S/c1-6-20-11-9-10-12-23(20)28(34(5,31)32)18-24(29)27(22(7-2)25(30)26-8-3)17-19-13-15-21(33-4)16-14-19/h9-16,22H,6-8,17-18H2,1-5H3,(H,26,30)/t22-/m0/s1. The second-order valence-corrected chi connectivity index (χ2v) is 9.85. The lowest BCUT2D eigenvalue weighted by atomic mass is 10.1. The van der Waals surface area contributed by atoms with Crippen LogP contribution in [0.25, 0.3) is 0 Å². The van der Waals surface area contributed by atoms with Crippen LogP contribution in [0.5, 0.6) is 5.75 Å². The maximum atomic E-state index is 13.6. The van der Waals surface area contributed by atoms with Gasteiger partial charge in [0.25, 0.3) is 0 Å². The Labute approximate surface area is 202 Å². The van der Waals surface area contributed by atoms with Crippen molar-refractivity contribution in [2.75, 3.05) is 30.8 Å². The van der Waals surface area contributed by atoms with Gasteiger partial charge in [-0.1, -0.05) is 44.2 Å². The highest BCUT2D eigenvalue weighted by Crippen LogP contribution is 2.24. The van der Waals surface area contributed by atoms with Crippen molar-refractivity contribution in [3.05, 3.63) is 59.7 Å². The Morgan fingerprint density at radius 3 is 2.21 bits per heavy atom. The number of hydrogen-bond acceptors (Lipinski definition) is 5. The fourth-order valence-electron chi connectivity index (χ4n) is 3.79. The molecule has 0 fully saturated rings. The average molecular weight is 490 g/mol. The van der Waals surface area contributed by atoms with E-state index in [1.165, 1.54) is 4.90 Å². The van der Waals surface area contributed by atoms with Crippen LogP contribution in [-0.2, 0) is 32.6 Å². The number of amides is 2. The largest absolute Gasteiger partial charge is 0.497 e. The van der Waals surface area contributed by atoms with Crippen molar-refractivity contribution >= 4 is 27.5 Å². The van der Waals surface area contributed by atoms with Gasteiger partial charge in [0.1, 0.15) is 18.3 Å². The highest BCUT2D eigenvalue weighted by Gasteiger charge is 2.32. The smallest absolute Gasteiger partial charge is 0.244 e. The maximum absolute atomic E-state index is 13.6. The van der Waals surface area contributed by atoms with Crippen LogP contribution in [0.2, 0.25) is 0 Å². The lowest BCUT2D eigenvalue weighted by molar-refractivity contribution is -0.140. The Morgan fingerprint density at radius 1 is 1.03 bits per heavy atom. The molecule has 0 aromatic heterocycles. The fourth-order valence-corrected chi connectivity index (χ4v) is 4.67. The quantitative estimate of drug-likeness (QED) is 0.495. The number of carbonyl (C=O) groups excluding carboxylic acids is 2. The number of nitrogens with zero attached hydrogens (tertiary/aromatic N) is 2. The number of nitrogens with one attached hydrogen (secondary N) is 1. The van der Waals surface area contributed by atoms with Crippen LogP contribution in [0.3, 0.4) is 0 Å². The highest BCUT2D eigenvalue weighted by molar-refractivity contribution is 7.92. The summed E-state index contributed by atoms with van der Waals surface area (Å²) in [5, 5.41) is 2.78. The third-order valence-corrected chi connectivity index (χ3v) is 6.70. The monoisotopic (exact) mass is 489 g/mol. The number of methoxy groups -OCH3 is 1. The molecule has 9 heteroatoms. The van der Waals surface area contributed by atoms with E-state index < -0.39 is 28.5 Å². The summed E-state index contributed by atoms with van der Waals surface area (Å²) in [6, 6.07) is 13.6. The van der Waals surface area contributed by atoms with Gasteiger partial charge in [-0.3, -0.25) is 13.9 Å². The summed E-state index contributed by atoms with van der Waals surface area (Å²) < 4.78 is 31.8. The van der Waals surface area contributed by atoms with Crippen molar-refractivity contribution in [3.63, 3.8) is 0 Å². The summed E-state index contributed by atoms with van der Waals surface area (Å²) in [6.07, 6.45) is 2.09. The molecule has 0 aliphatic carbocycles. The molecule has 0 heterocycles. The average Bonchev–Trinajstić information content (AvgIpc) is 2.82. The molecule has 2 aromatic carbocycles. The summed E-state index contributed by atoms with van der Waals surface area (Å²) in [5.74, 6) is -0.0474. The van der Waals surface area contributed by atoms with Gasteiger partial charge in [0, 0.05) is 13.1 Å². The topological polar surface area (TPSA) is 96.0 Å². The Morgan fingerprint density at radius 2 is 1.68 bits per heavy atom. The minimum atomic E-state index is -3.76. The second-order valence-electron chi connectivity index (χ2n) is 7.94. The lowest BCUT2D eigenvalue weighted by Gasteiger charge is -2.33. The number of likely N-dealkylation sites (N-methyl/N-ethyl adjacent to an activating group) is 1. The van der Waals surface area contributed by atoms with Gasteiger partial charge in [0.15, 0.2) is 0 Å². The number of anilines is 1. The number of aryl methyl sites for hydroxylation is 1. The van der Waals surface area contributed by atoms with Gasteiger partial charge in [-0.25, -0.2) is 8.42 Å². The number of sulfonamides is 1. The molecule has 2 rings (SSSR count). The first kappa shape index (κ1) is 27.2. The molecule has 1 atom stereocenters. The van der Waals surface area contributed by atoms with E-state index in [0.717, 1.165) is 21.7 Å². The van der Waals surface area contributed by atoms with Crippen LogP contribution in [0, 0.1) is 0 Å². The van der Waals surface area contributed by atoms with Crippen LogP contribution in [0.4, 0.5) is 5.69 Å². The van der Waals surface area contributed by atoms with Crippen LogP contribution < -0.4 is 14.4 Å². The second kappa shape index (κ2) is 12.4. The summed E-state index contributed by atoms with van der Waals surface area (Å²) >= 11 is 0. The van der Waals surface area contributed by atoms with Crippen molar-refractivity contribution in [2.45, 2.75) is 46.2 Å². The summed E-state index contributed by atoms with van der Waals surface area (Å²) in [4.78, 5) is 27.9. The first-order valence-electron chi connectivity index (χ1n) is 11.4. The molecule has 34 heavy (non-hydrogen) atoms. The first-order chi connectivity index (χ1) is 16.2. The number of hydrogen-bond donors (Lipinski definition) is 1. The van der Waals surface area contributed by atoms with E-state index in [-0.39, 0.29) is 12.5 Å². The predicted molar refractivity (Wildman–Crippen MR) is 134 cm³/mol. The van der Waals surface area contributed by atoms with E-state index in [0.29, 0.717) is 30.8 Å². The zero-order valence-electron chi connectivity index (χ0n) is 20.6. The molecule has 1 N–H and O–H groups in total. The third-order valence-electron chi connectivity index (χ3n) is 5.57. The molecule has 0 unspecified atom stereocenters. The van der Waals surface area contributed by atoms with Crippen molar-refractivity contribution in [2.24, 2.45) is 0 Å². The number of rotatable bonds is 12. The van der Waals surface area contributed by atoms with Crippen molar-refractivity contribution in [3.8, 4) is 5.75 Å². The molecule has 0 spiro atoms. The van der Waals surface area contributed by atoms with Crippen LogP contribution in [-0.4, -0.2) is 57.6 Å². The number of ether oxygens (including phenoxy) is 1. The number of benzene rings is 2. The minimum absolute atomic E-state index is 0.158. The zero-order valence-corrected chi connectivity index (χ0v) is 21.4. The zero-order chi connectivity index (χ0) is 25.3. The van der Waals surface area contributed by atoms with Gasteiger partial charge >= 0.3 is 0 Å². The molecule has 2 amide bonds. The number of carbonyl (C=O) groups is 2. The van der Waals surface area contributed by atoms with E-state index in [9.17, 15) is 18.0 Å². The highest BCUT2D eigenvalue weighted by atomic mass is 32.2. The molecule has 186 valence electrons. The molecule has 0 aliphatic rings. The van der Waals surface area contributed by atoms with Gasteiger partial charge in [-0.2, -0.15) is 0 Å². The van der Waals surface area contributed by atoms with Crippen LogP contribution in [0.1, 0.15) is 38.3 Å². The summed E-state index contributed by atoms with van der Waals surface area (Å²) in [7, 11) is -2.18. The lowest BCUT2D eigenvalue weighted by Crippen LogP contribution is -2.52. The van der Waals surface area contributed by atoms with Crippen LogP contribution >= 0.6 is 0 Å². The SMILES string of the molecule is CCNC(=O)[C@H](CC)N(Cc1ccc(OC)cc1)C(=O)CN(c1ccccc1CC)S(C)(=O)=O. The van der Waals surface area contributed by atoms with E-state index in [4.69, 9.17) is 4.74 Å². The van der Waals surface area contributed by atoms with Gasteiger partial charge < -0.3 is 15.0 Å². The van der Waals surface area contributed by atoms with Crippen LogP contribution in [0.15, 0.2) is 48.5 Å². The van der Waals surface area contributed by atoms with E-state index in [1.807, 2.05) is 45.0 Å². The van der Waals surface area contributed by atoms with E-state index >= 15 is 0 Å². The molecular weight excluding hydrogens is 454 g/mol. The molecule has 0 radical (unpaired) electrons. The van der Waals surface area contributed by atoms with E-state index in [1.54, 1.807) is 31.4 Å². The Kier molecular flexibility index (Phi) is 9.92. The molecule has 2 aromatic rings. The molecular formula is C25H35N3O5S. The van der Waals surface area contributed by atoms with Gasteiger partial charge in [0.05, 0.1) is 19.1 Å². The molecule has 0 bridgehead atoms. The predicted octanol–water partition coefficient (Wildman–Crippen LogP) is 2.97. The Hall–Kier alpha value is -3.07. The Balaban J connectivity index is 2.45. The van der Waals surface area contributed by atoms with Crippen molar-refractivity contribution < 1.29 is 22.7 Å². The maximum Gasteiger partial charge on any atom is 0.244 e. The Bertz CT molecular complexity index is 1070. The fraction of sp³-hybridized carbons (Fsp3) is 0.440. The molecule has 0 saturated heterocycles. The van der Waals surface area contributed by atoms with E-state index in [2.05, 4.69) is 5.32 Å². The van der Waals surface area contributed by atoms with Crippen molar-refractivity contribution in [1.29, 1.82) is 0 Å².